The van der Waals surface area contributed by atoms with Crippen molar-refractivity contribution in [3.05, 3.63) is 57.8 Å². The fourth-order valence-electron chi connectivity index (χ4n) is 1.49. The van der Waals surface area contributed by atoms with E-state index in [-0.39, 0.29) is 5.75 Å². The van der Waals surface area contributed by atoms with Crippen LogP contribution >= 0.6 is 15.9 Å². The number of phenolic OH excluding ortho intramolecular Hbond substituents is 1. The lowest BCUT2D eigenvalue weighted by Crippen LogP contribution is -1.83. The Bertz CT molecular complexity index is 564. The Balaban J connectivity index is 2.29. The monoisotopic (exact) mass is 289 g/mol. The van der Waals surface area contributed by atoms with Gasteiger partial charge < -0.3 is 5.11 Å². The van der Waals surface area contributed by atoms with Gasteiger partial charge in [-0.15, -0.1) is 0 Å². The van der Waals surface area contributed by atoms with Crippen molar-refractivity contribution in [2.45, 2.75) is 6.92 Å². The Morgan fingerprint density at radius 3 is 2.76 bits per heavy atom. The van der Waals surface area contributed by atoms with Gasteiger partial charge in [0, 0.05) is 15.7 Å². The van der Waals surface area contributed by atoms with E-state index in [1.54, 1.807) is 12.1 Å². The van der Waals surface area contributed by atoms with Crippen molar-refractivity contribution in [1.82, 2.24) is 4.98 Å². The van der Waals surface area contributed by atoms with Crippen LogP contribution in [0.2, 0.25) is 0 Å². The Kier molecular flexibility index (Phi) is 3.59. The molecule has 0 radical (unpaired) electrons. The Labute approximate surface area is 109 Å². The number of phenols is 1. The molecule has 0 unspecified atom stereocenters. The van der Waals surface area contributed by atoms with E-state index in [1.165, 1.54) is 0 Å². The zero-order chi connectivity index (χ0) is 12.3. The van der Waals surface area contributed by atoms with E-state index in [0.717, 1.165) is 21.4 Å². The molecule has 17 heavy (non-hydrogen) atoms. The van der Waals surface area contributed by atoms with Crippen molar-refractivity contribution in [2.24, 2.45) is 0 Å². The zero-order valence-corrected chi connectivity index (χ0v) is 11.0. The van der Waals surface area contributed by atoms with E-state index in [0.29, 0.717) is 0 Å². The molecule has 3 heteroatoms. The SMILES string of the molecule is Cc1cccc(/C=C/c2cc(Br)ccc2O)n1. The summed E-state index contributed by atoms with van der Waals surface area (Å²) in [6.45, 7) is 1.95. The lowest BCUT2D eigenvalue weighted by Gasteiger charge is -2.00. The maximum Gasteiger partial charge on any atom is 0.122 e. The number of pyridine rings is 1. The van der Waals surface area contributed by atoms with Crippen LogP contribution in [0.25, 0.3) is 12.2 Å². The van der Waals surface area contributed by atoms with E-state index in [4.69, 9.17) is 0 Å². The average Bonchev–Trinajstić information content (AvgIpc) is 2.30. The van der Waals surface area contributed by atoms with Crippen molar-refractivity contribution in [3.63, 3.8) is 0 Å². The molecule has 0 amide bonds. The summed E-state index contributed by atoms with van der Waals surface area (Å²) in [6, 6.07) is 11.2. The van der Waals surface area contributed by atoms with Crippen molar-refractivity contribution in [1.29, 1.82) is 0 Å². The first-order valence-electron chi connectivity index (χ1n) is 5.25. The smallest absolute Gasteiger partial charge is 0.122 e. The molecule has 2 rings (SSSR count). The number of hydrogen-bond donors (Lipinski definition) is 1. The van der Waals surface area contributed by atoms with Crippen LogP contribution in [-0.2, 0) is 0 Å². The van der Waals surface area contributed by atoms with Crippen LogP contribution in [0.4, 0.5) is 0 Å². The summed E-state index contributed by atoms with van der Waals surface area (Å²) in [5.74, 6) is 0.261. The molecule has 0 aliphatic heterocycles. The molecule has 1 aromatic heterocycles. The van der Waals surface area contributed by atoms with Crippen LogP contribution in [0.3, 0.4) is 0 Å². The van der Waals surface area contributed by atoms with Crippen LogP contribution in [-0.4, -0.2) is 10.1 Å². The minimum absolute atomic E-state index is 0.261. The number of aromatic hydroxyl groups is 1. The van der Waals surface area contributed by atoms with Crippen molar-refractivity contribution in [3.8, 4) is 5.75 Å². The van der Waals surface area contributed by atoms with Gasteiger partial charge in [-0.25, -0.2) is 0 Å². The number of benzene rings is 1. The highest BCUT2D eigenvalue weighted by Gasteiger charge is 1.98. The molecule has 0 saturated heterocycles. The number of halogens is 1. The minimum atomic E-state index is 0.261. The quantitative estimate of drug-likeness (QED) is 0.905. The molecule has 1 aromatic carbocycles. The van der Waals surface area contributed by atoms with Crippen LogP contribution in [0.1, 0.15) is 17.0 Å². The van der Waals surface area contributed by atoms with Crippen LogP contribution < -0.4 is 0 Å². The van der Waals surface area contributed by atoms with Gasteiger partial charge in [0.05, 0.1) is 5.69 Å². The number of aromatic nitrogens is 1. The molecular formula is C14H12BrNO. The minimum Gasteiger partial charge on any atom is -0.507 e. The lowest BCUT2D eigenvalue weighted by atomic mass is 10.1. The zero-order valence-electron chi connectivity index (χ0n) is 9.39. The second kappa shape index (κ2) is 5.15. The largest absolute Gasteiger partial charge is 0.507 e. The summed E-state index contributed by atoms with van der Waals surface area (Å²) in [5, 5.41) is 9.68. The van der Waals surface area contributed by atoms with Gasteiger partial charge in [-0.2, -0.15) is 0 Å². The number of hydrogen-bond acceptors (Lipinski definition) is 2. The van der Waals surface area contributed by atoms with Gasteiger partial charge in [-0.1, -0.05) is 22.0 Å². The van der Waals surface area contributed by atoms with Gasteiger partial charge >= 0.3 is 0 Å². The maximum absolute atomic E-state index is 9.68. The molecule has 0 saturated carbocycles. The molecule has 0 bridgehead atoms. The Morgan fingerprint density at radius 2 is 2.00 bits per heavy atom. The fraction of sp³-hybridized carbons (Fsp3) is 0.0714. The topological polar surface area (TPSA) is 33.1 Å². The van der Waals surface area contributed by atoms with E-state index >= 15 is 0 Å². The highest BCUT2D eigenvalue weighted by atomic mass is 79.9. The standard InChI is InChI=1S/C14H12BrNO/c1-10-3-2-4-13(16-10)7-5-11-9-12(15)6-8-14(11)17/h2-9,17H,1H3/b7-5+. The summed E-state index contributed by atoms with van der Waals surface area (Å²) in [7, 11) is 0. The predicted octanol–water partition coefficient (Wildman–Crippen LogP) is 4.03. The summed E-state index contributed by atoms with van der Waals surface area (Å²) in [6.07, 6.45) is 3.73. The number of nitrogens with zero attached hydrogens (tertiary/aromatic N) is 1. The van der Waals surface area contributed by atoms with Crippen LogP contribution in [0.15, 0.2) is 40.9 Å². The fourth-order valence-corrected chi connectivity index (χ4v) is 1.87. The van der Waals surface area contributed by atoms with E-state index in [1.807, 2.05) is 43.3 Å². The molecule has 1 heterocycles. The number of aryl methyl sites for hydroxylation is 1. The van der Waals surface area contributed by atoms with Crippen LogP contribution in [0.5, 0.6) is 5.75 Å². The van der Waals surface area contributed by atoms with E-state index < -0.39 is 0 Å². The molecule has 0 atom stereocenters. The summed E-state index contributed by atoms with van der Waals surface area (Å²) >= 11 is 3.37. The molecule has 1 N–H and O–H groups in total. The summed E-state index contributed by atoms with van der Waals surface area (Å²) in [5.41, 5.74) is 2.62. The first-order valence-corrected chi connectivity index (χ1v) is 6.05. The first kappa shape index (κ1) is 11.9. The van der Waals surface area contributed by atoms with Crippen molar-refractivity contribution in [2.75, 3.05) is 0 Å². The average molecular weight is 290 g/mol. The van der Waals surface area contributed by atoms with Crippen molar-refractivity contribution < 1.29 is 5.11 Å². The lowest BCUT2D eigenvalue weighted by molar-refractivity contribution is 0.474. The van der Waals surface area contributed by atoms with Crippen LogP contribution in [0, 0.1) is 6.92 Å². The third-order valence-electron chi connectivity index (χ3n) is 2.33. The molecule has 2 nitrogen and oxygen atoms in total. The molecular weight excluding hydrogens is 278 g/mol. The van der Waals surface area contributed by atoms with E-state index in [9.17, 15) is 5.11 Å². The van der Waals surface area contributed by atoms with Gasteiger partial charge in [0.15, 0.2) is 0 Å². The second-order valence-corrected chi connectivity index (χ2v) is 4.66. The third-order valence-corrected chi connectivity index (χ3v) is 2.83. The second-order valence-electron chi connectivity index (χ2n) is 3.74. The molecule has 0 spiro atoms. The predicted molar refractivity (Wildman–Crippen MR) is 73.7 cm³/mol. The number of rotatable bonds is 2. The molecule has 2 aromatic rings. The van der Waals surface area contributed by atoms with Gasteiger partial charge in [-0.3, -0.25) is 4.98 Å². The highest BCUT2D eigenvalue weighted by Crippen LogP contribution is 2.23. The van der Waals surface area contributed by atoms with Gasteiger partial charge in [-0.05, 0) is 49.4 Å². The first-order chi connectivity index (χ1) is 8.15. The summed E-state index contributed by atoms with van der Waals surface area (Å²) < 4.78 is 0.937. The normalized spacial score (nSPS) is 10.9. The Morgan fingerprint density at radius 1 is 1.18 bits per heavy atom. The summed E-state index contributed by atoms with van der Waals surface area (Å²) in [4.78, 5) is 4.36. The van der Waals surface area contributed by atoms with Gasteiger partial charge in [0.25, 0.3) is 0 Å². The molecule has 0 aliphatic carbocycles. The van der Waals surface area contributed by atoms with E-state index in [2.05, 4.69) is 20.9 Å². The highest BCUT2D eigenvalue weighted by molar-refractivity contribution is 9.10. The maximum atomic E-state index is 9.68. The van der Waals surface area contributed by atoms with Gasteiger partial charge in [0.1, 0.15) is 5.75 Å². The van der Waals surface area contributed by atoms with Crippen molar-refractivity contribution >= 4 is 28.1 Å². The molecule has 0 fully saturated rings. The Hall–Kier alpha value is -1.61. The van der Waals surface area contributed by atoms with Gasteiger partial charge in [0.2, 0.25) is 0 Å². The molecule has 86 valence electrons. The third kappa shape index (κ3) is 3.17. The molecule has 0 aliphatic rings.